The van der Waals surface area contributed by atoms with Gasteiger partial charge in [-0.2, -0.15) is 4.72 Å². The third-order valence-corrected chi connectivity index (χ3v) is 5.76. The monoisotopic (exact) mass is 432 g/mol. The fourth-order valence-electron chi connectivity index (χ4n) is 2.51. The summed E-state index contributed by atoms with van der Waals surface area (Å²) < 4.78 is 32.2. The molecule has 2 N–H and O–H groups in total. The van der Waals surface area contributed by atoms with Gasteiger partial charge in [-0.05, 0) is 57.5 Å². The predicted octanol–water partition coefficient (Wildman–Crippen LogP) is 2.43. The first kappa shape index (κ1) is 23.2. The van der Waals surface area contributed by atoms with Crippen molar-refractivity contribution in [3.63, 3.8) is 0 Å². The van der Waals surface area contributed by atoms with Crippen molar-refractivity contribution in [1.29, 1.82) is 0 Å². The molecule has 9 heteroatoms. The molecular weight excluding hydrogens is 408 g/mol. The van der Waals surface area contributed by atoms with Crippen LogP contribution in [0.2, 0.25) is 0 Å². The Morgan fingerprint density at radius 3 is 2.20 bits per heavy atom. The molecule has 30 heavy (non-hydrogen) atoms. The molecule has 8 nitrogen and oxygen atoms in total. The van der Waals surface area contributed by atoms with E-state index in [9.17, 15) is 22.8 Å². The summed E-state index contributed by atoms with van der Waals surface area (Å²) in [6.45, 7) is 5.95. The number of anilines is 1. The Balaban J connectivity index is 1.97. The summed E-state index contributed by atoms with van der Waals surface area (Å²) in [6.07, 6.45) is -1.13. The number of aryl methyl sites for hydroxylation is 1. The summed E-state index contributed by atoms with van der Waals surface area (Å²) in [7, 11) is -4.02. The molecule has 2 aromatic carbocycles. The molecule has 2 atom stereocenters. The normalized spacial score (nSPS) is 13.2. The van der Waals surface area contributed by atoms with Crippen LogP contribution in [0, 0.1) is 6.92 Å². The molecule has 0 fully saturated rings. The van der Waals surface area contributed by atoms with Crippen LogP contribution in [0.15, 0.2) is 53.4 Å². The lowest BCUT2D eigenvalue weighted by atomic mass is 10.2. The summed E-state index contributed by atoms with van der Waals surface area (Å²) in [4.78, 5) is 35.7. The minimum Gasteiger partial charge on any atom is -0.451 e. The van der Waals surface area contributed by atoms with Gasteiger partial charge in [0.25, 0.3) is 5.91 Å². The number of hydrogen-bond donors (Lipinski definition) is 2. The van der Waals surface area contributed by atoms with Crippen molar-refractivity contribution in [2.75, 3.05) is 5.32 Å². The fraction of sp³-hybridized carbons (Fsp3) is 0.286. The van der Waals surface area contributed by atoms with Gasteiger partial charge < -0.3 is 10.1 Å². The van der Waals surface area contributed by atoms with Gasteiger partial charge >= 0.3 is 5.97 Å². The van der Waals surface area contributed by atoms with Crippen LogP contribution in [0.1, 0.15) is 36.7 Å². The Hall–Kier alpha value is -3.04. The number of ether oxygens (including phenoxy) is 1. The molecule has 0 heterocycles. The van der Waals surface area contributed by atoms with Gasteiger partial charge in [-0.15, -0.1) is 0 Å². The molecule has 0 aliphatic rings. The lowest BCUT2D eigenvalue weighted by molar-refractivity contribution is -0.154. The first-order valence-electron chi connectivity index (χ1n) is 9.21. The average molecular weight is 432 g/mol. The van der Waals surface area contributed by atoms with Crippen molar-refractivity contribution in [3.05, 3.63) is 59.7 Å². The van der Waals surface area contributed by atoms with Gasteiger partial charge in [-0.25, -0.2) is 8.42 Å². The summed E-state index contributed by atoms with van der Waals surface area (Å²) in [6, 6.07) is 11.2. The van der Waals surface area contributed by atoms with Gasteiger partial charge in [0.1, 0.15) is 6.04 Å². The van der Waals surface area contributed by atoms with E-state index >= 15 is 0 Å². The second-order valence-corrected chi connectivity index (χ2v) is 8.58. The van der Waals surface area contributed by atoms with Crippen LogP contribution in [0.25, 0.3) is 0 Å². The van der Waals surface area contributed by atoms with Crippen molar-refractivity contribution < 1.29 is 27.5 Å². The van der Waals surface area contributed by atoms with E-state index in [2.05, 4.69) is 10.0 Å². The van der Waals surface area contributed by atoms with E-state index in [0.29, 0.717) is 11.3 Å². The van der Waals surface area contributed by atoms with Crippen LogP contribution in [0.4, 0.5) is 5.69 Å². The van der Waals surface area contributed by atoms with Crippen molar-refractivity contribution >= 4 is 33.4 Å². The zero-order valence-corrected chi connectivity index (χ0v) is 17.9. The zero-order valence-electron chi connectivity index (χ0n) is 17.1. The maximum Gasteiger partial charge on any atom is 0.324 e. The maximum atomic E-state index is 12.4. The van der Waals surface area contributed by atoms with E-state index in [1.54, 1.807) is 18.2 Å². The molecule has 2 aromatic rings. The van der Waals surface area contributed by atoms with Crippen LogP contribution in [-0.2, 0) is 24.3 Å². The van der Waals surface area contributed by atoms with E-state index in [4.69, 9.17) is 4.74 Å². The second kappa shape index (κ2) is 9.64. The molecule has 160 valence electrons. The number of benzene rings is 2. The van der Waals surface area contributed by atoms with Gasteiger partial charge in [-0.3, -0.25) is 14.4 Å². The van der Waals surface area contributed by atoms with Crippen LogP contribution in [0.5, 0.6) is 0 Å². The molecule has 0 aromatic heterocycles. The largest absolute Gasteiger partial charge is 0.451 e. The number of amides is 1. The summed E-state index contributed by atoms with van der Waals surface area (Å²) >= 11 is 0. The van der Waals surface area contributed by atoms with Crippen molar-refractivity contribution in [1.82, 2.24) is 4.72 Å². The SMILES string of the molecule is CC(=O)c1ccc(S(=O)(=O)N[C@H](C)C(=O)O[C@@H](C)C(=O)Nc2cccc(C)c2)cc1. The summed E-state index contributed by atoms with van der Waals surface area (Å²) in [5, 5.41) is 2.63. The van der Waals surface area contributed by atoms with E-state index in [-0.39, 0.29) is 10.7 Å². The van der Waals surface area contributed by atoms with Crippen molar-refractivity contribution in [3.8, 4) is 0 Å². The van der Waals surface area contributed by atoms with Gasteiger partial charge in [0.15, 0.2) is 11.9 Å². The number of hydrogen-bond acceptors (Lipinski definition) is 6. The summed E-state index contributed by atoms with van der Waals surface area (Å²) in [5.74, 6) is -1.63. The van der Waals surface area contributed by atoms with Crippen molar-refractivity contribution in [2.24, 2.45) is 0 Å². The topological polar surface area (TPSA) is 119 Å². The molecule has 0 saturated heterocycles. The predicted molar refractivity (Wildman–Crippen MR) is 112 cm³/mol. The molecule has 0 spiro atoms. The highest BCUT2D eigenvalue weighted by Crippen LogP contribution is 2.13. The molecule has 0 aliphatic carbocycles. The fourth-order valence-corrected chi connectivity index (χ4v) is 3.71. The Morgan fingerprint density at radius 1 is 1.00 bits per heavy atom. The number of Topliss-reactive ketones (excluding diaryl/α,β-unsaturated/α-hetero) is 1. The molecule has 0 unspecified atom stereocenters. The molecule has 0 bridgehead atoms. The van der Waals surface area contributed by atoms with Crippen LogP contribution >= 0.6 is 0 Å². The Labute approximate surface area is 175 Å². The molecule has 0 radical (unpaired) electrons. The van der Waals surface area contributed by atoms with Crippen molar-refractivity contribution in [2.45, 2.75) is 44.7 Å². The van der Waals surface area contributed by atoms with E-state index in [0.717, 1.165) is 5.56 Å². The maximum absolute atomic E-state index is 12.4. The molecular formula is C21H24N2O6S. The third kappa shape index (κ3) is 6.23. The van der Waals surface area contributed by atoms with Gasteiger partial charge in [-0.1, -0.05) is 24.3 Å². The van der Waals surface area contributed by atoms with Gasteiger partial charge in [0, 0.05) is 11.3 Å². The number of ketones is 1. The van der Waals surface area contributed by atoms with E-state index in [1.165, 1.54) is 45.0 Å². The Morgan fingerprint density at radius 2 is 1.63 bits per heavy atom. The van der Waals surface area contributed by atoms with Crippen LogP contribution < -0.4 is 10.0 Å². The number of carbonyl (C=O) groups is 3. The minimum atomic E-state index is -4.02. The molecule has 0 aliphatic heterocycles. The highest BCUT2D eigenvalue weighted by atomic mass is 32.2. The number of esters is 1. The molecule has 1 amide bonds. The Bertz CT molecular complexity index is 1050. The number of sulfonamides is 1. The standard InChI is InChI=1S/C21H24N2O6S/c1-13-6-5-7-18(12-13)22-20(25)16(4)29-21(26)14(2)23-30(27,28)19-10-8-17(9-11-19)15(3)24/h5-12,14,16,23H,1-4H3,(H,22,25)/t14-,16+/m1/s1. The quantitative estimate of drug-likeness (QED) is 0.489. The highest BCUT2D eigenvalue weighted by Gasteiger charge is 2.26. The van der Waals surface area contributed by atoms with Gasteiger partial charge in [0.2, 0.25) is 10.0 Å². The Kier molecular flexibility index (Phi) is 7.47. The van der Waals surface area contributed by atoms with Crippen LogP contribution in [0.3, 0.4) is 0 Å². The average Bonchev–Trinajstić information content (AvgIpc) is 2.67. The lowest BCUT2D eigenvalue weighted by Gasteiger charge is -2.18. The minimum absolute atomic E-state index is 0.0996. The smallest absolute Gasteiger partial charge is 0.324 e. The first-order valence-corrected chi connectivity index (χ1v) is 10.7. The van der Waals surface area contributed by atoms with E-state index in [1.807, 2.05) is 13.0 Å². The zero-order chi connectivity index (χ0) is 22.5. The lowest BCUT2D eigenvalue weighted by Crippen LogP contribution is -2.42. The number of nitrogens with one attached hydrogen (secondary N) is 2. The number of rotatable bonds is 8. The first-order chi connectivity index (χ1) is 14.0. The van der Waals surface area contributed by atoms with Crippen LogP contribution in [-0.4, -0.2) is 38.2 Å². The number of carbonyl (C=O) groups excluding carboxylic acids is 3. The highest BCUT2D eigenvalue weighted by molar-refractivity contribution is 7.89. The van der Waals surface area contributed by atoms with Gasteiger partial charge in [0.05, 0.1) is 4.90 Å². The second-order valence-electron chi connectivity index (χ2n) is 6.86. The molecule has 2 rings (SSSR count). The molecule has 0 saturated carbocycles. The third-order valence-electron chi connectivity index (χ3n) is 4.20. The van der Waals surface area contributed by atoms with E-state index < -0.39 is 34.0 Å². The summed E-state index contributed by atoms with van der Waals surface area (Å²) in [5.41, 5.74) is 1.89.